The molecule has 0 aromatic carbocycles. The summed E-state index contributed by atoms with van der Waals surface area (Å²) in [4.78, 5) is 24.5. The highest BCUT2D eigenvalue weighted by molar-refractivity contribution is 5.93. The van der Waals surface area contributed by atoms with E-state index in [0.717, 1.165) is 12.3 Å². The minimum Gasteiger partial charge on any atom is -0.477 e. The zero-order valence-electron chi connectivity index (χ0n) is 9.64. The second kappa shape index (κ2) is 6.20. The third kappa shape index (κ3) is 3.45. The summed E-state index contributed by atoms with van der Waals surface area (Å²) in [6.45, 7) is 2.21. The first-order valence-corrected chi connectivity index (χ1v) is 5.07. The Morgan fingerprint density at radius 1 is 1.67 bits per heavy atom. The third-order valence-electron chi connectivity index (χ3n) is 2.04. The normalized spacial score (nSPS) is 9.17. The van der Waals surface area contributed by atoms with Crippen molar-refractivity contribution in [3.63, 3.8) is 0 Å². The highest BCUT2D eigenvalue weighted by Gasteiger charge is 2.20. The van der Waals surface area contributed by atoms with Crippen LogP contribution < -0.4 is 5.32 Å². The maximum atomic E-state index is 10.9. The topological polar surface area (TPSA) is 105 Å². The van der Waals surface area contributed by atoms with E-state index in [1.165, 1.54) is 0 Å². The van der Waals surface area contributed by atoms with Crippen LogP contribution in [-0.4, -0.2) is 27.5 Å². The molecule has 0 saturated heterocycles. The fraction of sp³-hybridized carbons (Fsp3) is 0.273. The predicted molar refractivity (Wildman–Crippen MR) is 64.4 cm³/mol. The van der Waals surface area contributed by atoms with Crippen molar-refractivity contribution < 1.29 is 14.8 Å². The lowest BCUT2D eigenvalue weighted by molar-refractivity contribution is -0.385. The molecule has 0 spiro atoms. The van der Waals surface area contributed by atoms with Gasteiger partial charge in [0.2, 0.25) is 0 Å². The number of carboxylic acids is 1. The maximum Gasteiger partial charge on any atom is 0.342 e. The second-order valence-electron chi connectivity index (χ2n) is 3.25. The van der Waals surface area contributed by atoms with Crippen molar-refractivity contribution >= 4 is 17.5 Å². The van der Waals surface area contributed by atoms with Gasteiger partial charge in [0.05, 0.1) is 4.92 Å². The average Bonchev–Trinajstić information content (AvgIpc) is 2.34. The monoisotopic (exact) mass is 249 g/mol. The van der Waals surface area contributed by atoms with E-state index < -0.39 is 16.6 Å². The molecule has 0 saturated carbocycles. The number of carbonyl (C=O) groups is 1. The second-order valence-corrected chi connectivity index (χ2v) is 3.25. The summed E-state index contributed by atoms with van der Waals surface area (Å²) in [7, 11) is 0. The lowest BCUT2D eigenvalue weighted by atomic mass is 10.2. The lowest BCUT2D eigenvalue weighted by Gasteiger charge is -2.04. The minimum atomic E-state index is -1.36. The largest absolute Gasteiger partial charge is 0.477 e. The number of nitrogens with zero attached hydrogens (tertiary/aromatic N) is 2. The van der Waals surface area contributed by atoms with E-state index in [0.29, 0.717) is 13.0 Å². The molecule has 0 fully saturated rings. The van der Waals surface area contributed by atoms with Crippen LogP contribution in [0.25, 0.3) is 0 Å². The van der Waals surface area contributed by atoms with E-state index in [1.807, 2.05) is 0 Å². The number of carboxylic acid groups (broad SMARTS) is 1. The summed E-state index contributed by atoms with van der Waals surface area (Å²) in [5, 5.41) is 22.3. The number of rotatable bonds is 5. The number of aromatic carboxylic acids is 1. The lowest BCUT2D eigenvalue weighted by Crippen LogP contribution is -2.07. The van der Waals surface area contributed by atoms with Crippen LogP contribution in [0.15, 0.2) is 12.3 Å². The summed E-state index contributed by atoms with van der Waals surface area (Å²) >= 11 is 0. The van der Waals surface area contributed by atoms with Gasteiger partial charge in [0.15, 0.2) is 0 Å². The molecule has 1 rings (SSSR count). The summed E-state index contributed by atoms with van der Waals surface area (Å²) in [5.74, 6) is 4.45. The predicted octanol–water partition coefficient (Wildman–Crippen LogP) is 1.51. The highest BCUT2D eigenvalue weighted by Crippen LogP contribution is 2.20. The summed E-state index contributed by atoms with van der Waals surface area (Å²) < 4.78 is 0. The number of nitrogens with one attached hydrogen (secondary N) is 1. The SMILES string of the molecule is CC#CCCNc1cc(C(=O)O)c([N+](=O)[O-])cn1. The van der Waals surface area contributed by atoms with Crippen LogP contribution in [0.2, 0.25) is 0 Å². The van der Waals surface area contributed by atoms with Crippen molar-refractivity contribution in [3.05, 3.63) is 27.9 Å². The maximum absolute atomic E-state index is 10.9. The molecular formula is C11H11N3O4. The van der Waals surface area contributed by atoms with E-state index in [4.69, 9.17) is 5.11 Å². The molecule has 0 aliphatic heterocycles. The van der Waals surface area contributed by atoms with Gasteiger partial charge in [-0.1, -0.05) is 0 Å². The fourth-order valence-corrected chi connectivity index (χ4v) is 1.24. The summed E-state index contributed by atoms with van der Waals surface area (Å²) in [6, 6.07) is 1.14. The van der Waals surface area contributed by atoms with Crippen molar-refractivity contribution in [2.75, 3.05) is 11.9 Å². The Morgan fingerprint density at radius 3 is 2.94 bits per heavy atom. The smallest absolute Gasteiger partial charge is 0.342 e. The molecule has 0 amide bonds. The van der Waals surface area contributed by atoms with E-state index in [2.05, 4.69) is 22.1 Å². The van der Waals surface area contributed by atoms with Gasteiger partial charge in [-0.25, -0.2) is 9.78 Å². The molecule has 1 aromatic rings. The van der Waals surface area contributed by atoms with Gasteiger partial charge < -0.3 is 10.4 Å². The Kier molecular flexibility index (Phi) is 4.63. The number of hydrogen-bond acceptors (Lipinski definition) is 5. The zero-order chi connectivity index (χ0) is 13.5. The van der Waals surface area contributed by atoms with Gasteiger partial charge in [0, 0.05) is 19.0 Å². The number of nitro groups is 1. The molecule has 0 bridgehead atoms. The first-order chi connectivity index (χ1) is 8.56. The Labute approximate surface area is 103 Å². The molecule has 94 valence electrons. The van der Waals surface area contributed by atoms with Gasteiger partial charge in [0.1, 0.15) is 17.6 Å². The Morgan fingerprint density at radius 2 is 2.39 bits per heavy atom. The molecule has 0 aliphatic rings. The van der Waals surface area contributed by atoms with Gasteiger partial charge in [-0.2, -0.15) is 0 Å². The van der Waals surface area contributed by atoms with Crippen molar-refractivity contribution in [1.29, 1.82) is 0 Å². The van der Waals surface area contributed by atoms with Crippen LogP contribution in [0.4, 0.5) is 11.5 Å². The number of pyridine rings is 1. The molecular weight excluding hydrogens is 238 g/mol. The molecule has 7 heteroatoms. The molecule has 18 heavy (non-hydrogen) atoms. The van der Waals surface area contributed by atoms with Crippen LogP contribution in [0, 0.1) is 22.0 Å². The molecule has 0 radical (unpaired) electrons. The van der Waals surface area contributed by atoms with Crippen molar-refractivity contribution in [2.24, 2.45) is 0 Å². The first-order valence-electron chi connectivity index (χ1n) is 5.07. The van der Waals surface area contributed by atoms with E-state index >= 15 is 0 Å². The standard InChI is InChI=1S/C11H11N3O4/c1-2-3-4-5-12-10-6-8(11(15)16)9(7-13-10)14(17)18/h6-7H,4-5H2,1H3,(H,12,13)(H,15,16). The van der Waals surface area contributed by atoms with Gasteiger partial charge >= 0.3 is 11.7 Å². The molecule has 0 atom stereocenters. The Bertz CT molecular complexity index is 531. The molecule has 0 unspecified atom stereocenters. The Balaban J connectivity index is 2.89. The van der Waals surface area contributed by atoms with Gasteiger partial charge in [-0.05, 0) is 6.92 Å². The zero-order valence-corrected chi connectivity index (χ0v) is 9.64. The van der Waals surface area contributed by atoms with Crippen molar-refractivity contribution in [1.82, 2.24) is 4.98 Å². The van der Waals surface area contributed by atoms with Crippen LogP contribution in [0.5, 0.6) is 0 Å². The number of anilines is 1. The Hall–Kier alpha value is -2.62. The number of aromatic nitrogens is 1. The molecule has 1 heterocycles. The summed E-state index contributed by atoms with van der Waals surface area (Å²) in [6.07, 6.45) is 1.51. The van der Waals surface area contributed by atoms with E-state index in [-0.39, 0.29) is 11.4 Å². The van der Waals surface area contributed by atoms with E-state index in [1.54, 1.807) is 6.92 Å². The fourth-order valence-electron chi connectivity index (χ4n) is 1.24. The third-order valence-corrected chi connectivity index (χ3v) is 2.04. The summed E-state index contributed by atoms with van der Waals surface area (Å²) in [5.41, 5.74) is -0.916. The van der Waals surface area contributed by atoms with Crippen LogP contribution >= 0.6 is 0 Å². The van der Waals surface area contributed by atoms with E-state index in [9.17, 15) is 14.9 Å². The van der Waals surface area contributed by atoms with Crippen LogP contribution in [-0.2, 0) is 0 Å². The highest BCUT2D eigenvalue weighted by atomic mass is 16.6. The van der Waals surface area contributed by atoms with Gasteiger partial charge in [0.25, 0.3) is 0 Å². The quantitative estimate of drug-likeness (QED) is 0.354. The van der Waals surface area contributed by atoms with Crippen LogP contribution in [0.3, 0.4) is 0 Å². The van der Waals surface area contributed by atoms with Gasteiger partial charge in [-0.3, -0.25) is 10.1 Å². The average molecular weight is 249 g/mol. The molecule has 2 N–H and O–H groups in total. The first kappa shape index (κ1) is 13.4. The molecule has 1 aromatic heterocycles. The molecule has 7 nitrogen and oxygen atoms in total. The van der Waals surface area contributed by atoms with Crippen molar-refractivity contribution in [2.45, 2.75) is 13.3 Å². The van der Waals surface area contributed by atoms with Crippen LogP contribution in [0.1, 0.15) is 23.7 Å². The number of hydrogen-bond donors (Lipinski definition) is 2. The van der Waals surface area contributed by atoms with Gasteiger partial charge in [-0.15, -0.1) is 11.8 Å². The minimum absolute atomic E-state index is 0.274. The molecule has 0 aliphatic carbocycles. The van der Waals surface area contributed by atoms with Crippen molar-refractivity contribution in [3.8, 4) is 11.8 Å².